The fourth-order valence-corrected chi connectivity index (χ4v) is 3.39. The Labute approximate surface area is 198 Å². The summed E-state index contributed by atoms with van der Waals surface area (Å²) in [6.45, 7) is 3.38. The molecule has 2 N–H and O–H groups in total. The van der Waals surface area contributed by atoms with Crippen LogP contribution in [0.4, 0.5) is 11.4 Å². The summed E-state index contributed by atoms with van der Waals surface area (Å²) in [5.41, 5.74) is 0.348. The molecular formula is C23H19BrCl2N2O3. The SMILES string of the molecule is CC(C)(Oc1ccc(Br)cc1)C(=O)Nc1ccc(NC(=O)c2ccc(Cl)cc2Cl)cc1. The van der Waals surface area contributed by atoms with Crippen LogP contribution in [-0.4, -0.2) is 17.4 Å². The number of rotatable bonds is 6. The molecule has 0 radical (unpaired) electrons. The number of benzene rings is 3. The van der Waals surface area contributed by atoms with E-state index in [4.69, 9.17) is 27.9 Å². The summed E-state index contributed by atoms with van der Waals surface area (Å²) < 4.78 is 6.75. The van der Waals surface area contributed by atoms with Gasteiger partial charge in [0, 0.05) is 20.9 Å². The first kappa shape index (κ1) is 23.1. The quantitative estimate of drug-likeness (QED) is 0.374. The van der Waals surface area contributed by atoms with Crippen molar-refractivity contribution in [3.05, 3.63) is 86.8 Å². The molecule has 3 aromatic carbocycles. The van der Waals surface area contributed by atoms with Crippen molar-refractivity contribution in [3.63, 3.8) is 0 Å². The van der Waals surface area contributed by atoms with E-state index in [1.165, 1.54) is 6.07 Å². The van der Waals surface area contributed by atoms with Gasteiger partial charge in [-0.1, -0.05) is 39.1 Å². The Morgan fingerprint density at radius 1 is 0.871 bits per heavy atom. The molecule has 0 unspecified atom stereocenters. The molecule has 2 amide bonds. The van der Waals surface area contributed by atoms with Gasteiger partial charge in [-0.25, -0.2) is 0 Å². The molecule has 0 saturated carbocycles. The Kier molecular flexibility index (Phi) is 7.26. The van der Waals surface area contributed by atoms with Gasteiger partial charge >= 0.3 is 0 Å². The number of anilines is 2. The van der Waals surface area contributed by atoms with Crippen molar-refractivity contribution < 1.29 is 14.3 Å². The molecular weight excluding hydrogens is 503 g/mol. The maximum atomic E-state index is 12.7. The zero-order valence-electron chi connectivity index (χ0n) is 16.7. The Hall–Kier alpha value is -2.54. The van der Waals surface area contributed by atoms with Crippen molar-refractivity contribution in [1.29, 1.82) is 0 Å². The number of nitrogens with one attached hydrogen (secondary N) is 2. The van der Waals surface area contributed by atoms with Gasteiger partial charge < -0.3 is 15.4 Å². The molecule has 0 aliphatic rings. The van der Waals surface area contributed by atoms with Crippen molar-refractivity contribution in [1.82, 2.24) is 0 Å². The van der Waals surface area contributed by atoms with E-state index in [1.807, 2.05) is 12.1 Å². The molecule has 0 fully saturated rings. The minimum Gasteiger partial charge on any atom is -0.478 e. The molecule has 5 nitrogen and oxygen atoms in total. The smallest absolute Gasteiger partial charge is 0.267 e. The molecule has 0 aliphatic heterocycles. The first-order valence-electron chi connectivity index (χ1n) is 9.26. The van der Waals surface area contributed by atoms with Crippen LogP contribution in [0.5, 0.6) is 5.75 Å². The van der Waals surface area contributed by atoms with Crippen molar-refractivity contribution in [2.24, 2.45) is 0 Å². The largest absolute Gasteiger partial charge is 0.478 e. The molecule has 8 heteroatoms. The lowest BCUT2D eigenvalue weighted by atomic mass is 10.1. The highest BCUT2D eigenvalue weighted by atomic mass is 79.9. The van der Waals surface area contributed by atoms with Crippen molar-refractivity contribution in [2.75, 3.05) is 10.6 Å². The second kappa shape index (κ2) is 9.73. The fraction of sp³-hybridized carbons (Fsp3) is 0.130. The van der Waals surface area contributed by atoms with E-state index in [0.29, 0.717) is 27.7 Å². The van der Waals surface area contributed by atoms with E-state index in [2.05, 4.69) is 26.6 Å². The van der Waals surface area contributed by atoms with Crippen LogP contribution < -0.4 is 15.4 Å². The lowest BCUT2D eigenvalue weighted by Gasteiger charge is -2.25. The van der Waals surface area contributed by atoms with Gasteiger partial charge in [0.1, 0.15) is 5.75 Å². The standard InChI is InChI=1S/C23H19BrCl2N2O3/c1-23(2,31-18-10-3-14(24)4-11-18)22(30)28-17-8-6-16(7-9-17)27-21(29)19-12-5-15(25)13-20(19)26/h3-13H,1-2H3,(H,27,29)(H,28,30). The Balaban J connectivity index is 1.62. The Bertz CT molecular complexity index is 1100. The van der Waals surface area contributed by atoms with Gasteiger partial charge in [-0.15, -0.1) is 0 Å². The second-order valence-electron chi connectivity index (χ2n) is 7.18. The van der Waals surface area contributed by atoms with Gasteiger partial charge in [-0.2, -0.15) is 0 Å². The minimum absolute atomic E-state index is 0.266. The van der Waals surface area contributed by atoms with Crippen molar-refractivity contribution in [3.8, 4) is 5.75 Å². The lowest BCUT2D eigenvalue weighted by molar-refractivity contribution is -0.128. The van der Waals surface area contributed by atoms with Crippen LogP contribution in [0.3, 0.4) is 0 Å². The summed E-state index contributed by atoms with van der Waals surface area (Å²) >= 11 is 15.3. The first-order chi connectivity index (χ1) is 14.6. The third-order valence-corrected chi connectivity index (χ3v) is 5.39. The van der Waals surface area contributed by atoms with Gasteiger partial charge in [-0.05, 0) is 80.6 Å². The average Bonchev–Trinajstić information content (AvgIpc) is 2.71. The monoisotopic (exact) mass is 520 g/mol. The third-order valence-electron chi connectivity index (χ3n) is 4.31. The molecule has 0 aliphatic carbocycles. The normalized spacial score (nSPS) is 11.0. The molecule has 0 heterocycles. The predicted molar refractivity (Wildman–Crippen MR) is 128 cm³/mol. The van der Waals surface area contributed by atoms with Crippen molar-refractivity contribution in [2.45, 2.75) is 19.4 Å². The summed E-state index contributed by atoms with van der Waals surface area (Å²) in [6.07, 6.45) is 0. The zero-order chi connectivity index (χ0) is 22.6. The van der Waals surface area contributed by atoms with E-state index < -0.39 is 5.60 Å². The summed E-state index contributed by atoms with van der Waals surface area (Å²) in [7, 11) is 0. The number of hydrogen-bond donors (Lipinski definition) is 2. The van der Waals surface area contributed by atoms with E-state index >= 15 is 0 Å². The maximum Gasteiger partial charge on any atom is 0.267 e. The van der Waals surface area contributed by atoms with Gasteiger partial charge in [0.05, 0.1) is 10.6 Å². The molecule has 0 bridgehead atoms. The molecule has 3 rings (SSSR count). The first-order valence-corrected chi connectivity index (χ1v) is 10.8. The zero-order valence-corrected chi connectivity index (χ0v) is 19.8. The lowest BCUT2D eigenvalue weighted by Crippen LogP contribution is -2.42. The summed E-state index contributed by atoms with van der Waals surface area (Å²) in [5.74, 6) is -0.0788. The molecule has 0 aromatic heterocycles. The van der Waals surface area contributed by atoms with E-state index in [-0.39, 0.29) is 16.8 Å². The Morgan fingerprint density at radius 2 is 1.45 bits per heavy atom. The second-order valence-corrected chi connectivity index (χ2v) is 8.94. The predicted octanol–water partition coefficient (Wildman–Crippen LogP) is 6.80. The van der Waals surface area contributed by atoms with Crippen LogP contribution >= 0.6 is 39.1 Å². The van der Waals surface area contributed by atoms with E-state index in [1.54, 1.807) is 62.4 Å². The fourth-order valence-electron chi connectivity index (χ4n) is 2.63. The summed E-state index contributed by atoms with van der Waals surface area (Å²) in [4.78, 5) is 25.1. The summed E-state index contributed by atoms with van der Waals surface area (Å²) in [5, 5.41) is 6.30. The van der Waals surface area contributed by atoms with E-state index in [0.717, 1.165) is 4.47 Å². The number of carbonyl (C=O) groups excluding carboxylic acids is 2. The average molecular weight is 522 g/mol. The molecule has 160 valence electrons. The van der Waals surface area contributed by atoms with Gasteiger partial charge in [0.2, 0.25) is 0 Å². The van der Waals surface area contributed by atoms with Crippen LogP contribution in [-0.2, 0) is 4.79 Å². The third kappa shape index (κ3) is 6.23. The highest BCUT2D eigenvalue weighted by molar-refractivity contribution is 9.10. The van der Waals surface area contributed by atoms with Gasteiger partial charge in [0.15, 0.2) is 5.60 Å². The van der Waals surface area contributed by atoms with Crippen LogP contribution in [0.2, 0.25) is 10.0 Å². The van der Waals surface area contributed by atoms with E-state index in [9.17, 15) is 9.59 Å². The van der Waals surface area contributed by atoms with Crippen LogP contribution in [0.1, 0.15) is 24.2 Å². The maximum absolute atomic E-state index is 12.7. The topological polar surface area (TPSA) is 67.4 Å². The van der Waals surface area contributed by atoms with Gasteiger partial charge in [-0.3, -0.25) is 9.59 Å². The number of ether oxygens (including phenoxy) is 1. The number of hydrogen-bond acceptors (Lipinski definition) is 3. The van der Waals surface area contributed by atoms with Crippen molar-refractivity contribution >= 4 is 62.3 Å². The molecule has 31 heavy (non-hydrogen) atoms. The minimum atomic E-state index is -1.09. The number of carbonyl (C=O) groups is 2. The highest BCUT2D eigenvalue weighted by Crippen LogP contribution is 2.24. The van der Waals surface area contributed by atoms with Crippen LogP contribution in [0, 0.1) is 0 Å². The van der Waals surface area contributed by atoms with Crippen LogP contribution in [0.25, 0.3) is 0 Å². The molecule has 0 spiro atoms. The van der Waals surface area contributed by atoms with Gasteiger partial charge in [0.25, 0.3) is 11.8 Å². The molecule has 0 saturated heterocycles. The molecule has 3 aromatic rings. The number of amides is 2. The highest BCUT2D eigenvalue weighted by Gasteiger charge is 2.30. The van der Waals surface area contributed by atoms with Crippen LogP contribution in [0.15, 0.2) is 71.2 Å². The molecule has 0 atom stereocenters. The number of halogens is 3. The Morgan fingerprint density at radius 3 is 2.03 bits per heavy atom. The summed E-state index contributed by atoms with van der Waals surface area (Å²) in [6, 6.07) is 18.6.